The molecule has 25 heavy (non-hydrogen) atoms. The lowest BCUT2D eigenvalue weighted by Gasteiger charge is -2.40. The molecule has 2 fully saturated rings. The smallest absolute Gasteiger partial charge is 0.410 e. The van der Waals surface area contributed by atoms with Crippen molar-refractivity contribution in [2.24, 2.45) is 0 Å². The molecule has 1 atom stereocenters. The number of methoxy groups -OCH3 is 1. The number of amides is 1. The normalized spacial score (nSPS) is 21.5. The maximum atomic E-state index is 12.3. The van der Waals surface area contributed by atoms with Crippen LogP contribution in [-0.4, -0.2) is 67.4 Å². The number of likely N-dealkylation sites (tertiary alicyclic amines) is 1. The Kier molecular flexibility index (Phi) is 5.97. The molecule has 138 valence electrons. The van der Waals surface area contributed by atoms with Crippen molar-refractivity contribution in [1.82, 2.24) is 9.80 Å². The minimum atomic E-state index is -0.273. The average Bonchev–Trinajstić information content (AvgIpc) is 2.94. The Bertz CT molecular complexity index is 555. The lowest BCUT2D eigenvalue weighted by molar-refractivity contribution is -0.0112. The Morgan fingerprint density at radius 1 is 1.24 bits per heavy atom. The van der Waals surface area contributed by atoms with Gasteiger partial charge in [-0.05, 0) is 25.3 Å². The second-order valence-electron chi connectivity index (χ2n) is 7.37. The zero-order chi connectivity index (χ0) is 17.7. The second-order valence-corrected chi connectivity index (χ2v) is 7.37. The molecule has 1 aromatic rings. The zero-order valence-electron chi connectivity index (χ0n) is 15.4. The third kappa shape index (κ3) is 4.53. The van der Waals surface area contributed by atoms with Crippen molar-refractivity contribution in [2.45, 2.75) is 44.2 Å². The highest BCUT2D eigenvalue weighted by Crippen LogP contribution is 2.34. The summed E-state index contributed by atoms with van der Waals surface area (Å²) in [4.78, 5) is 16.7. The van der Waals surface area contributed by atoms with E-state index in [1.165, 1.54) is 5.56 Å². The predicted molar refractivity (Wildman–Crippen MR) is 97.7 cm³/mol. The van der Waals surface area contributed by atoms with Crippen molar-refractivity contribution in [3.8, 4) is 0 Å². The third-order valence-corrected chi connectivity index (χ3v) is 5.63. The van der Waals surface area contributed by atoms with Crippen LogP contribution in [-0.2, 0) is 15.9 Å². The van der Waals surface area contributed by atoms with Crippen LogP contribution in [0, 0.1) is 0 Å². The van der Waals surface area contributed by atoms with Crippen molar-refractivity contribution in [2.75, 3.05) is 39.9 Å². The zero-order valence-corrected chi connectivity index (χ0v) is 15.4. The van der Waals surface area contributed by atoms with E-state index in [1.54, 1.807) is 7.11 Å². The Labute approximate surface area is 150 Å². The fourth-order valence-electron chi connectivity index (χ4n) is 3.88. The number of rotatable bonds is 7. The van der Waals surface area contributed by atoms with Gasteiger partial charge in [0.05, 0.1) is 6.54 Å². The molecular formula is C20H30N2O3. The second kappa shape index (κ2) is 8.19. The monoisotopic (exact) mass is 346 g/mol. The first-order chi connectivity index (χ1) is 12.1. The molecule has 3 rings (SSSR count). The largest absolute Gasteiger partial charge is 0.441 e. The fraction of sp³-hybridized carbons (Fsp3) is 0.650. The van der Waals surface area contributed by atoms with Crippen molar-refractivity contribution >= 4 is 6.09 Å². The van der Waals surface area contributed by atoms with Crippen LogP contribution in [0.4, 0.5) is 4.79 Å². The summed E-state index contributed by atoms with van der Waals surface area (Å²) in [6.45, 7) is 6.50. The minimum Gasteiger partial charge on any atom is -0.441 e. The molecule has 0 aliphatic carbocycles. The van der Waals surface area contributed by atoms with E-state index < -0.39 is 0 Å². The Morgan fingerprint density at radius 2 is 1.96 bits per heavy atom. The molecule has 2 aliphatic rings. The van der Waals surface area contributed by atoms with Crippen LogP contribution in [0.1, 0.15) is 31.7 Å². The summed E-state index contributed by atoms with van der Waals surface area (Å²) in [5.74, 6) is 0. The molecule has 1 aromatic carbocycles. The molecule has 1 amide bonds. The fourth-order valence-corrected chi connectivity index (χ4v) is 3.88. The number of hydrogen-bond donors (Lipinski definition) is 0. The van der Waals surface area contributed by atoms with Gasteiger partial charge in [-0.2, -0.15) is 0 Å². The van der Waals surface area contributed by atoms with Gasteiger partial charge in [0.1, 0.15) is 5.60 Å². The van der Waals surface area contributed by atoms with Crippen LogP contribution in [0.25, 0.3) is 0 Å². The van der Waals surface area contributed by atoms with Gasteiger partial charge in [-0.3, -0.25) is 0 Å². The van der Waals surface area contributed by atoms with Crippen LogP contribution < -0.4 is 0 Å². The molecule has 2 heterocycles. The molecule has 2 aliphatic heterocycles. The van der Waals surface area contributed by atoms with E-state index in [9.17, 15) is 4.79 Å². The van der Waals surface area contributed by atoms with Gasteiger partial charge in [-0.15, -0.1) is 0 Å². The summed E-state index contributed by atoms with van der Waals surface area (Å²) in [6, 6.07) is 10.8. The van der Waals surface area contributed by atoms with Gasteiger partial charge in [-0.1, -0.05) is 30.3 Å². The lowest BCUT2D eigenvalue weighted by atomic mass is 9.90. The highest BCUT2D eigenvalue weighted by molar-refractivity contribution is 5.70. The van der Waals surface area contributed by atoms with Crippen LogP contribution in [0.15, 0.2) is 30.3 Å². The van der Waals surface area contributed by atoms with Gasteiger partial charge in [-0.25, -0.2) is 4.79 Å². The summed E-state index contributed by atoms with van der Waals surface area (Å²) in [7, 11) is 1.75. The van der Waals surface area contributed by atoms with Gasteiger partial charge in [0.2, 0.25) is 0 Å². The van der Waals surface area contributed by atoms with E-state index in [0.29, 0.717) is 6.04 Å². The summed E-state index contributed by atoms with van der Waals surface area (Å²) >= 11 is 0. The maximum absolute atomic E-state index is 12.3. The Balaban J connectivity index is 1.49. The first-order valence-electron chi connectivity index (χ1n) is 9.37. The number of ether oxygens (including phenoxy) is 2. The van der Waals surface area contributed by atoms with Gasteiger partial charge < -0.3 is 19.3 Å². The van der Waals surface area contributed by atoms with Crippen LogP contribution in [0.2, 0.25) is 0 Å². The lowest BCUT2D eigenvalue weighted by Crippen LogP contribution is -2.49. The van der Waals surface area contributed by atoms with E-state index >= 15 is 0 Å². The molecule has 2 saturated heterocycles. The van der Waals surface area contributed by atoms with Gasteiger partial charge >= 0.3 is 6.09 Å². The van der Waals surface area contributed by atoms with E-state index in [4.69, 9.17) is 9.47 Å². The number of carbonyl (C=O) groups is 1. The Morgan fingerprint density at radius 3 is 2.64 bits per heavy atom. The average molecular weight is 346 g/mol. The maximum Gasteiger partial charge on any atom is 0.410 e. The molecule has 5 nitrogen and oxygen atoms in total. The van der Waals surface area contributed by atoms with Crippen molar-refractivity contribution in [1.29, 1.82) is 0 Å². The topological polar surface area (TPSA) is 42.0 Å². The number of benzene rings is 1. The van der Waals surface area contributed by atoms with E-state index in [2.05, 4.69) is 24.0 Å². The van der Waals surface area contributed by atoms with Crippen molar-refractivity contribution in [3.63, 3.8) is 0 Å². The number of piperidine rings is 1. The van der Waals surface area contributed by atoms with Crippen LogP contribution >= 0.6 is 0 Å². The summed E-state index contributed by atoms with van der Waals surface area (Å²) in [5, 5.41) is 0. The SMILES string of the molecule is COCCC(C)N1CCC2(CC1)CN(CCc1ccccc1)C(=O)O2. The highest BCUT2D eigenvalue weighted by atomic mass is 16.6. The number of hydrogen-bond acceptors (Lipinski definition) is 4. The number of nitrogens with zero attached hydrogens (tertiary/aromatic N) is 2. The molecule has 0 saturated carbocycles. The molecule has 1 spiro atoms. The van der Waals surface area contributed by atoms with E-state index in [0.717, 1.165) is 58.5 Å². The molecule has 0 aromatic heterocycles. The van der Waals surface area contributed by atoms with Crippen molar-refractivity contribution in [3.05, 3.63) is 35.9 Å². The van der Waals surface area contributed by atoms with Crippen molar-refractivity contribution < 1.29 is 14.3 Å². The number of carbonyl (C=O) groups excluding carboxylic acids is 1. The molecule has 0 N–H and O–H groups in total. The predicted octanol–water partition coefficient (Wildman–Crippen LogP) is 2.94. The molecule has 1 unspecified atom stereocenters. The summed E-state index contributed by atoms with van der Waals surface area (Å²) in [6.07, 6.45) is 3.64. The molecule has 0 bridgehead atoms. The van der Waals surface area contributed by atoms with Gasteiger partial charge in [0, 0.05) is 52.2 Å². The minimum absolute atomic E-state index is 0.142. The quantitative estimate of drug-likeness (QED) is 0.761. The molecular weight excluding hydrogens is 316 g/mol. The van der Waals surface area contributed by atoms with E-state index in [-0.39, 0.29) is 11.7 Å². The summed E-state index contributed by atoms with van der Waals surface area (Å²) in [5.41, 5.74) is 0.989. The highest BCUT2D eigenvalue weighted by Gasteiger charge is 2.47. The third-order valence-electron chi connectivity index (χ3n) is 5.63. The first-order valence-corrected chi connectivity index (χ1v) is 9.37. The molecule has 0 radical (unpaired) electrons. The van der Waals surface area contributed by atoms with Gasteiger partial charge in [0.15, 0.2) is 0 Å². The standard InChI is InChI=1S/C20H30N2O3/c1-17(9-15-24-2)21-13-10-20(11-14-21)16-22(19(23)25-20)12-8-18-6-4-3-5-7-18/h3-7,17H,8-16H2,1-2H3. The first kappa shape index (κ1) is 18.2. The molecule has 5 heteroatoms. The van der Waals surface area contributed by atoms with Crippen LogP contribution in [0.5, 0.6) is 0 Å². The Hall–Kier alpha value is -1.59. The van der Waals surface area contributed by atoms with E-state index in [1.807, 2.05) is 23.1 Å². The van der Waals surface area contributed by atoms with Gasteiger partial charge in [0.25, 0.3) is 0 Å². The van der Waals surface area contributed by atoms with Crippen LogP contribution in [0.3, 0.4) is 0 Å². The summed E-state index contributed by atoms with van der Waals surface area (Å²) < 4.78 is 11.0.